The number of hydrogen-bond donors (Lipinski definition) is 1. The van der Waals surface area contributed by atoms with Gasteiger partial charge >= 0.3 is 11.9 Å². The van der Waals surface area contributed by atoms with Crippen LogP contribution in [0.4, 0.5) is 0 Å². The fourth-order valence-electron chi connectivity index (χ4n) is 1.98. The van der Waals surface area contributed by atoms with Crippen LogP contribution in [-0.2, 0) is 23.9 Å². The summed E-state index contributed by atoms with van der Waals surface area (Å²) in [4.78, 5) is 48.0. The molecule has 0 saturated heterocycles. The first-order valence-corrected chi connectivity index (χ1v) is 8.05. The molecule has 0 atom stereocenters. The molecule has 1 N–H and O–H groups in total. The van der Waals surface area contributed by atoms with Gasteiger partial charge in [-0.2, -0.15) is 0 Å². The second kappa shape index (κ2) is 9.17. The van der Waals surface area contributed by atoms with Crippen molar-refractivity contribution in [3.63, 3.8) is 0 Å². The number of Topliss-reactive ketones (excluding diaryl/α,β-unsaturated/α-hetero) is 1. The summed E-state index contributed by atoms with van der Waals surface area (Å²) in [6.07, 6.45) is -0.437. The maximum atomic E-state index is 12.5. The summed E-state index contributed by atoms with van der Waals surface area (Å²) in [5.74, 6) is -2.60. The van der Waals surface area contributed by atoms with Crippen molar-refractivity contribution in [2.24, 2.45) is 0 Å². The van der Waals surface area contributed by atoms with E-state index in [1.54, 1.807) is 26.0 Å². The minimum atomic E-state index is -2.21. The van der Waals surface area contributed by atoms with Crippen molar-refractivity contribution in [3.05, 3.63) is 34.3 Å². The normalized spacial score (nSPS) is 10.6. The molecule has 1 aromatic carbocycles. The number of halogens is 1. The lowest BCUT2D eigenvalue weighted by Crippen LogP contribution is -2.60. The number of amides is 1. The highest BCUT2D eigenvalue weighted by molar-refractivity contribution is 9.10. The number of benzene rings is 1. The Morgan fingerprint density at radius 3 is 2.00 bits per heavy atom. The fourth-order valence-corrected chi connectivity index (χ4v) is 2.25. The van der Waals surface area contributed by atoms with Crippen LogP contribution in [0.15, 0.2) is 28.7 Å². The Labute approximate surface area is 147 Å². The van der Waals surface area contributed by atoms with Crippen LogP contribution in [-0.4, -0.2) is 42.9 Å². The number of ether oxygens (including phenoxy) is 2. The van der Waals surface area contributed by atoms with Crippen LogP contribution in [0.5, 0.6) is 0 Å². The van der Waals surface area contributed by atoms with Gasteiger partial charge in [0, 0.05) is 10.0 Å². The molecule has 0 unspecified atom stereocenters. The van der Waals surface area contributed by atoms with Gasteiger partial charge in [0.2, 0.25) is 11.9 Å². The summed E-state index contributed by atoms with van der Waals surface area (Å²) in [5.41, 5.74) is -1.93. The minimum absolute atomic E-state index is 0.0208. The molecule has 0 aromatic heterocycles. The molecule has 0 radical (unpaired) electrons. The lowest BCUT2D eigenvalue weighted by atomic mass is 9.90. The third-order valence-electron chi connectivity index (χ3n) is 3.15. The second-order valence-electron chi connectivity index (χ2n) is 4.72. The molecular formula is C16H18BrNO6. The van der Waals surface area contributed by atoms with E-state index in [0.717, 1.165) is 4.47 Å². The zero-order chi connectivity index (χ0) is 18.2. The number of ketones is 1. The van der Waals surface area contributed by atoms with Crippen LogP contribution in [0.1, 0.15) is 30.6 Å². The van der Waals surface area contributed by atoms with Crippen LogP contribution in [0.3, 0.4) is 0 Å². The largest absolute Gasteiger partial charge is 0.464 e. The maximum absolute atomic E-state index is 12.5. The molecule has 0 aliphatic rings. The maximum Gasteiger partial charge on any atom is 0.344 e. The van der Waals surface area contributed by atoms with E-state index in [2.05, 4.69) is 21.2 Å². The van der Waals surface area contributed by atoms with Crippen LogP contribution in [0.25, 0.3) is 0 Å². The van der Waals surface area contributed by atoms with Crippen LogP contribution in [0, 0.1) is 0 Å². The van der Waals surface area contributed by atoms with Gasteiger partial charge in [-0.25, -0.2) is 9.59 Å². The van der Waals surface area contributed by atoms with E-state index in [1.165, 1.54) is 12.1 Å². The van der Waals surface area contributed by atoms with Gasteiger partial charge in [0.05, 0.1) is 19.6 Å². The van der Waals surface area contributed by atoms with Gasteiger partial charge in [0.25, 0.3) is 0 Å². The first-order chi connectivity index (χ1) is 11.4. The lowest BCUT2D eigenvalue weighted by molar-refractivity contribution is -0.167. The first-order valence-electron chi connectivity index (χ1n) is 7.25. The van der Waals surface area contributed by atoms with E-state index in [4.69, 9.17) is 9.47 Å². The number of nitrogens with one attached hydrogen (secondary N) is 1. The monoisotopic (exact) mass is 399 g/mol. The summed E-state index contributed by atoms with van der Waals surface area (Å²) in [6.45, 7) is 3.05. The fraction of sp³-hybridized carbons (Fsp3) is 0.375. The molecule has 0 bridgehead atoms. The number of esters is 2. The SMILES string of the molecule is CCOC(=O)C(CC(=O)c1ccc(Br)cc1)(NC=O)C(=O)OCC. The molecule has 1 amide bonds. The number of rotatable bonds is 9. The average Bonchev–Trinajstić information content (AvgIpc) is 2.55. The molecule has 0 aliphatic carbocycles. The van der Waals surface area contributed by atoms with Gasteiger partial charge in [-0.1, -0.05) is 28.1 Å². The Morgan fingerprint density at radius 2 is 1.58 bits per heavy atom. The predicted molar refractivity (Wildman–Crippen MR) is 88.3 cm³/mol. The quantitative estimate of drug-likeness (QED) is 0.293. The number of carbonyl (C=O) groups is 4. The van der Waals surface area contributed by atoms with Gasteiger partial charge in [0.15, 0.2) is 5.78 Å². The van der Waals surface area contributed by atoms with Gasteiger partial charge in [-0.15, -0.1) is 0 Å². The molecule has 7 nitrogen and oxygen atoms in total. The van der Waals surface area contributed by atoms with E-state index < -0.39 is 29.7 Å². The van der Waals surface area contributed by atoms with Crippen molar-refractivity contribution >= 4 is 40.1 Å². The standard InChI is InChI=1S/C16H18BrNO6/c1-3-23-14(21)16(18-10-19,15(22)24-4-2)9-13(20)11-5-7-12(17)8-6-11/h5-8,10H,3-4,9H2,1-2H3,(H,18,19). The highest BCUT2D eigenvalue weighted by atomic mass is 79.9. The predicted octanol–water partition coefficient (Wildman–Crippen LogP) is 1.63. The lowest BCUT2D eigenvalue weighted by Gasteiger charge is -2.27. The summed E-state index contributed by atoms with van der Waals surface area (Å²) in [7, 11) is 0. The molecule has 0 spiro atoms. The Kier molecular flexibility index (Phi) is 7.57. The zero-order valence-electron chi connectivity index (χ0n) is 13.3. The van der Waals surface area contributed by atoms with Gasteiger partial charge in [-0.3, -0.25) is 9.59 Å². The molecule has 0 saturated carbocycles. The molecule has 1 rings (SSSR count). The molecule has 8 heteroatoms. The highest BCUT2D eigenvalue weighted by Crippen LogP contribution is 2.20. The zero-order valence-corrected chi connectivity index (χ0v) is 14.9. The third kappa shape index (κ3) is 4.64. The molecule has 1 aromatic rings. The molecule has 24 heavy (non-hydrogen) atoms. The molecule has 0 aliphatic heterocycles. The van der Waals surface area contributed by atoms with Crippen LogP contribution < -0.4 is 5.32 Å². The Balaban J connectivity index is 3.21. The second-order valence-corrected chi connectivity index (χ2v) is 5.63. The molecule has 0 heterocycles. The van der Waals surface area contributed by atoms with Gasteiger partial charge < -0.3 is 14.8 Å². The van der Waals surface area contributed by atoms with Crippen molar-refractivity contribution in [3.8, 4) is 0 Å². The summed E-state index contributed by atoms with van der Waals surface area (Å²) >= 11 is 3.25. The van der Waals surface area contributed by atoms with Crippen LogP contribution in [0.2, 0.25) is 0 Å². The van der Waals surface area contributed by atoms with E-state index in [1.807, 2.05) is 0 Å². The van der Waals surface area contributed by atoms with E-state index in [9.17, 15) is 19.2 Å². The van der Waals surface area contributed by atoms with E-state index >= 15 is 0 Å². The Bertz CT molecular complexity index is 595. The third-order valence-corrected chi connectivity index (χ3v) is 3.67. The molecule has 130 valence electrons. The topological polar surface area (TPSA) is 98.8 Å². The molecular weight excluding hydrogens is 382 g/mol. The highest BCUT2D eigenvalue weighted by Gasteiger charge is 2.50. The summed E-state index contributed by atoms with van der Waals surface area (Å²) in [5, 5.41) is 2.12. The van der Waals surface area contributed by atoms with Gasteiger partial charge in [-0.05, 0) is 26.0 Å². The van der Waals surface area contributed by atoms with Crippen molar-refractivity contribution in [2.45, 2.75) is 25.8 Å². The molecule has 0 fully saturated rings. The van der Waals surface area contributed by atoms with Crippen molar-refractivity contribution in [1.29, 1.82) is 0 Å². The number of carbonyl (C=O) groups excluding carboxylic acids is 4. The van der Waals surface area contributed by atoms with Crippen LogP contribution >= 0.6 is 15.9 Å². The smallest absolute Gasteiger partial charge is 0.344 e. The van der Waals surface area contributed by atoms with E-state index in [-0.39, 0.29) is 25.2 Å². The first kappa shape index (κ1) is 19.8. The summed E-state index contributed by atoms with van der Waals surface area (Å²) in [6, 6.07) is 6.37. The Hall–Kier alpha value is -2.22. The van der Waals surface area contributed by atoms with Crippen molar-refractivity contribution in [2.75, 3.05) is 13.2 Å². The summed E-state index contributed by atoms with van der Waals surface area (Å²) < 4.78 is 10.5. The van der Waals surface area contributed by atoms with E-state index in [0.29, 0.717) is 0 Å². The minimum Gasteiger partial charge on any atom is -0.464 e. The Morgan fingerprint density at radius 1 is 1.08 bits per heavy atom. The van der Waals surface area contributed by atoms with Crippen molar-refractivity contribution in [1.82, 2.24) is 5.32 Å². The number of hydrogen-bond acceptors (Lipinski definition) is 6. The van der Waals surface area contributed by atoms with Gasteiger partial charge in [0.1, 0.15) is 0 Å². The van der Waals surface area contributed by atoms with Crippen molar-refractivity contribution < 1.29 is 28.7 Å². The average molecular weight is 400 g/mol.